The maximum absolute atomic E-state index is 14.2. The molecule has 3 aliphatic rings. The molecule has 2 aliphatic heterocycles. The van der Waals surface area contributed by atoms with E-state index in [-0.39, 0.29) is 11.3 Å². The molecule has 10 nitrogen and oxygen atoms in total. The van der Waals surface area contributed by atoms with Crippen molar-refractivity contribution < 1.29 is 34.8 Å². The zero-order valence-electron chi connectivity index (χ0n) is 35.7. The zero-order chi connectivity index (χ0) is 45.3. The minimum Gasteiger partial charge on any atom is -0.380 e. The van der Waals surface area contributed by atoms with Gasteiger partial charge in [0, 0.05) is 72.2 Å². The highest BCUT2D eigenvalue weighted by molar-refractivity contribution is 7.99. The monoisotopic (exact) mass is 957 g/mol. The summed E-state index contributed by atoms with van der Waals surface area (Å²) in [5.74, 6) is -0.609. The van der Waals surface area contributed by atoms with Crippen molar-refractivity contribution in [3.63, 3.8) is 0 Å². The van der Waals surface area contributed by atoms with Gasteiger partial charge in [-0.25, -0.2) is 21.6 Å². The number of thioether (sulfide) groups is 1. The minimum absolute atomic E-state index is 0.00881. The molecule has 7 rings (SSSR count). The molecule has 0 aromatic heterocycles. The number of carbonyl (C=O) groups excluding carboxylic acids is 1. The predicted octanol–water partition coefficient (Wildman–Crippen LogP) is 9.74. The Hall–Kier alpha value is -4.06. The summed E-state index contributed by atoms with van der Waals surface area (Å²) in [6.07, 6.45) is 9.33. The Balaban J connectivity index is 1.02. The number of anilines is 2. The van der Waals surface area contributed by atoms with Crippen molar-refractivity contribution in [3.8, 4) is 0 Å². The quantitative estimate of drug-likeness (QED) is 0.105. The maximum atomic E-state index is 14.2. The summed E-state index contributed by atoms with van der Waals surface area (Å²) in [6, 6.07) is 26.0. The molecule has 344 valence electrons. The summed E-state index contributed by atoms with van der Waals surface area (Å²) >= 11 is 7.63. The second-order valence-electron chi connectivity index (χ2n) is 16.7. The Bertz CT molecular complexity index is 2460. The number of nitrogens with one attached hydrogen (secondary N) is 2. The van der Waals surface area contributed by atoms with Crippen LogP contribution in [-0.2, 0) is 19.9 Å². The maximum Gasteiger partial charge on any atom is 0.501 e. The molecule has 4 aromatic carbocycles. The van der Waals surface area contributed by atoms with Crippen LogP contribution in [0.1, 0.15) is 73.7 Å². The molecule has 2 saturated heterocycles. The number of nitrogens with zero attached hydrogens (tertiary/aromatic N) is 3. The summed E-state index contributed by atoms with van der Waals surface area (Å²) in [6.45, 7) is 6.53. The average molecular weight is 959 g/mol. The van der Waals surface area contributed by atoms with E-state index in [0.29, 0.717) is 24.8 Å². The van der Waals surface area contributed by atoms with Crippen molar-refractivity contribution in [1.82, 2.24) is 14.5 Å². The van der Waals surface area contributed by atoms with Gasteiger partial charge in [-0.2, -0.15) is 13.2 Å². The Morgan fingerprint density at radius 3 is 2.09 bits per heavy atom. The van der Waals surface area contributed by atoms with Gasteiger partial charge in [0.25, 0.3) is 25.8 Å². The molecule has 0 saturated carbocycles. The second kappa shape index (κ2) is 21.5. The van der Waals surface area contributed by atoms with Crippen LogP contribution in [0.3, 0.4) is 0 Å². The van der Waals surface area contributed by atoms with E-state index in [1.807, 2.05) is 47.2 Å². The number of hydrogen-bond donors (Lipinski definition) is 2. The summed E-state index contributed by atoms with van der Waals surface area (Å²) in [5, 5.41) is 3.76. The van der Waals surface area contributed by atoms with Gasteiger partial charge in [0.1, 0.15) is 4.90 Å². The van der Waals surface area contributed by atoms with Crippen LogP contribution in [0.25, 0.3) is 5.57 Å². The number of rotatable bonds is 16. The zero-order valence-corrected chi connectivity index (χ0v) is 38.9. The summed E-state index contributed by atoms with van der Waals surface area (Å²) in [7, 11) is -10.9. The van der Waals surface area contributed by atoms with E-state index in [1.54, 1.807) is 12.1 Å². The SMILES string of the molecule is O=C(NS(=O)(=O)c1ccc(N[C@H](CCN2CCCCCC2)CSc2ccccc2)c(S(=O)(=O)C(F)(F)F)c1)c1ccc(N2CCN(CC3=C(c4ccc(Cl)cc4)CCCC3)CC2)cc1. The molecule has 1 amide bonds. The smallest absolute Gasteiger partial charge is 0.380 e. The number of hydrogen-bond acceptors (Lipinski definition) is 10. The molecule has 4 aromatic rings. The largest absolute Gasteiger partial charge is 0.501 e. The van der Waals surface area contributed by atoms with E-state index < -0.39 is 47.1 Å². The van der Waals surface area contributed by atoms with E-state index in [9.17, 15) is 34.8 Å². The fourth-order valence-corrected chi connectivity index (χ4v) is 11.7. The number of amides is 1. The lowest BCUT2D eigenvalue weighted by Crippen LogP contribution is -2.47. The van der Waals surface area contributed by atoms with Crippen molar-refractivity contribution in [3.05, 3.63) is 119 Å². The van der Waals surface area contributed by atoms with Gasteiger partial charge in [-0.05, 0) is 136 Å². The topological polar surface area (TPSA) is 119 Å². The Morgan fingerprint density at radius 2 is 1.42 bits per heavy atom. The first-order valence-electron chi connectivity index (χ1n) is 21.9. The molecule has 0 spiro atoms. The van der Waals surface area contributed by atoms with Crippen LogP contribution < -0.4 is 14.9 Å². The number of carbonyl (C=O) groups is 1. The number of allylic oxidation sites excluding steroid dienone is 1. The van der Waals surface area contributed by atoms with Crippen LogP contribution in [0.2, 0.25) is 5.02 Å². The fourth-order valence-electron chi connectivity index (χ4n) is 8.60. The van der Waals surface area contributed by atoms with Gasteiger partial charge in [-0.15, -0.1) is 11.8 Å². The number of benzene rings is 4. The van der Waals surface area contributed by atoms with E-state index in [2.05, 4.69) is 32.1 Å². The van der Waals surface area contributed by atoms with Gasteiger partial charge in [0.05, 0.1) is 10.6 Å². The highest BCUT2D eigenvalue weighted by atomic mass is 35.5. The Labute approximate surface area is 384 Å². The highest BCUT2D eigenvalue weighted by Crippen LogP contribution is 2.37. The minimum atomic E-state index is -6.04. The third-order valence-corrected chi connectivity index (χ3v) is 16.5. The van der Waals surface area contributed by atoms with Crippen molar-refractivity contribution in [2.45, 2.75) is 84.0 Å². The molecule has 2 fully saturated rings. The third-order valence-electron chi connectivity index (χ3n) is 12.2. The van der Waals surface area contributed by atoms with E-state index in [4.69, 9.17) is 11.6 Å². The molecule has 1 aliphatic carbocycles. The number of sulfone groups is 1. The highest BCUT2D eigenvalue weighted by Gasteiger charge is 2.48. The van der Waals surface area contributed by atoms with Gasteiger partial charge in [0.15, 0.2) is 0 Å². The van der Waals surface area contributed by atoms with Crippen LogP contribution in [0.15, 0.2) is 117 Å². The number of halogens is 4. The molecule has 2 heterocycles. The van der Waals surface area contributed by atoms with Crippen LogP contribution >= 0.6 is 23.4 Å². The average Bonchev–Trinajstić information content (AvgIpc) is 3.57. The second-order valence-corrected chi connectivity index (χ2v) is 21.8. The summed E-state index contributed by atoms with van der Waals surface area (Å²) < 4.78 is 97.9. The van der Waals surface area contributed by atoms with Crippen LogP contribution in [0, 0.1) is 0 Å². The lowest BCUT2D eigenvalue weighted by Gasteiger charge is -2.37. The molecule has 1 atom stereocenters. The van der Waals surface area contributed by atoms with Crippen LogP contribution in [0.4, 0.5) is 24.5 Å². The fraction of sp³-hybridized carbons (Fsp3) is 0.426. The van der Waals surface area contributed by atoms with Crippen LogP contribution in [0.5, 0.6) is 0 Å². The molecule has 0 radical (unpaired) electrons. The predicted molar refractivity (Wildman–Crippen MR) is 250 cm³/mol. The molecular formula is C47H55ClF3N5O5S3. The lowest BCUT2D eigenvalue weighted by atomic mass is 9.87. The number of piperazine rings is 1. The first kappa shape index (κ1) is 47.9. The summed E-state index contributed by atoms with van der Waals surface area (Å²) in [5.41, 5.74) is -1.13. The van der Waals surface area contributed by atoms with Crippen molar-refractivity contribution in [2.75, 3.05) is 68.3 Å². The first-order chi connectivity index (χ1) is 30.7. The molecule has 17 heteroatoms. The number of alkyl halides is 3. The molecular weight excluding hydrogens is 903 g/mol. The number of sulfonamides is 1. The standard InChI is InChI=1S/C47H55ClF3N5O5S3/c48-38-18-14-35(15-19-38)43-13-7-6-10-37(43)33-55-28-30-56(31-29-55)40-20-16-36(17-21-40)46(57)53-64(60,61)42-22-23-44(45(32-42)63(58,59)47(49,50)51)52-39(34-62-41-11-4-3-5-12-41)24-27-54-25-8-1-2-9-26-54/h3-5,11-12,14-23,32,39,52H,1-2,6-10,13,24-31,33-34H2,(H,53,57)/t39-/m1/s1. The summed E-state index contributed by atoms with van der Waals surface area (Å²) in [4.78, 5) is 19.2. The Kier molecular flexibility index (Phi) is 16.1. The molecule has 64 heavy (non-hydrogen) atoms. The molecule has 0 unspecified atom stereocenters. The van der Waals surface area contributed by atoms with E-state index >= 15 is 0 Å². The lowest BCUT2D eigenvalue weighted by molar-refractivity contribution is -0.0435. The van der Waals surface area contributed by atoms with E-state index in [0.717, 1.165) is 112 Å². The molecule has 0 bridgehead atoms. The Morgan fingerprint density at radius 1 is 0.750 bits per heavy atom. The van der Waals surface area contributed by atoms with Gasteiger partial charge in [-0.3, -0.25) is 9.69 Å². The van der Waals surface area contributed by atoms with Gasteiger partial charge >= 0.3 is 5.51 Å². The third kappa shape index (κ3) is 12.4. The van der Waals surface area contributed by atoms with Crippen LogP contribution in [-0.4, -0.2) is 102 Å². The van der Waals surface area contributed by atoms with Crippen molar-refractivity contribution in [1.29, 1.82) is 0 Å². The van der Waals surface area contributed by atoms with E-state index in [1.165, 1.54) is 53.4 Å². The van der Waals surface area contributed by atoms with Gasteiger partial charge in [0.2, 0.25) is 0 Å². The van der Waals surface area contributed by atoms with Gasteiger partial charge in [-0.1, -0.05) is 60.3 Å². The molecule has 2 N–H and O–H groups in total. The normalized spacial score (nSPS) is 17.8. The van der Waals surface area contributed by atoms with Crippen molar-refractivity contribution >= 4 is 66.1 Å². The number of likely N-dealkylation sites (tertiary alicyclic amines) is 1. The first-order valence-corrected chi connectivity index (χ1v) is 26.2. The van der Waals surface area contributed by atoms with Gasteiger partial charge < -0.3 is 15.1 Å². The van der Waals surface area contributed by atoms with Crippen molar-refractivity contribution in [2.24, 2.45) is 0 Å².